The highest BCUT2D eigenvalue weighted by Crippen LogP contribution is 2.11. The summed E-state index contributed by atoms with van der Waals surface area (Å²) in [5.41, 5.74) is 7.54. The number of carbonyl (C=O) groups is 1. The first-order valence-corrected chi connectivity index (χ1v) is 5.64. The fourth-order valence-corrected chi connectivity index (χ4v) is 1.45. The van der Waals surface area contributed by atoms with E-state index < -0.39 is 0 Å². The standard InChI is InChI=1S/C13H19N2O/c1-2-13(16)15-12-8-6-11(7-9-12)5-3-4-10-14/h6-9H,1-5,10,14H2,(H,15,16). The molecule has 0 unspecified atom stereocenters. The molecule has 0 saturated carbocycles. The summed E-state index contributed by atoms with van der Waals surface area (Å²) in [6, 6.07) is 7.92. The van der Waals surface area contributed by atoms with Gasteiger partial charge in [-0.15, -0.1) is 0 Å². The lowest BCUT2D eigenvalue weighted by atomic mass is 10.1. The number of amides is 1. The summed E-state index contributed by atoms with van der Waals surface area (Å²) in [7, 11) is 0. The van der Waals surface area contributed by atoms with E-state index in [0.29, 0.717) is 0 Å². The van der Waals surface area contributed by atoms with Gasteiger partial charge in [0.2, 0.25) is 5.91 Å². The second kappa shape index (κ2) is 7.01. The molecule has 16 heavy (non-hydrogen) atoms. The molecule has 0 atom stereocenters. The molecule has 0 saturated heterocycles. The molecule has 0 spiro atoms. The maximum atomic E-state index is 11.1. The first-order chi connectivity index (χ1) is 7.76. The summed E-state index contributed by atoms with van der Waals surface area (Å²) >= 11 is 0. The molecule has 0 aromatic heterocycles. The molecule has 0 aliphatic heterocycles. The van der Waals surface area contributed by atoms with Crippen LogP contribution in [0.2, 0.25) is 0 Å². The van der Waals surface area contributed by atoms with Crippen molar-refractivity contribution in [2.24, 2.45) is 5.73 Å². The Morgan fingerprint density at radius 1 is 1.25 bits per heavy atom. The van der Waals surface area contributed by atoms with Crippen LogP contribution in [0.5, 0.6) is 0 Å². The minimum Gasteiger partial charge on any atom is -0.330 e. The maximum absolute atomic E-state index is 11.1. The van der Waals surface area contributed by atoms with Gasteiger partial charge >= 0.3 is 0 Å². The summed E-state index contributed by atoms with van der Waals surface area (Å²) < 4.78 is 0. The van der Waals surface area contributed by atoms with Gasteiger partial charge in [0.25, 0.3) is 0 Å². The Morgan fingerprint density at radius 2 is 1.94 bits per heavy atom. The lowest BCUT2D eigenvalue weighted by Crippen LogP contribution is -2.09. The van der Waals surface area contributed by atoms with E-state index in [1.165, 1.54) is 5.56 Å². The molecule has 3 heteroatoms. The van der Waals surface area contributed by atoms with Crippen LogP contribution in [-0.4, -0.2) is 12.5 Å². The lowest BCUT2D eigenvalue weighted by Gasteiger charge is -2.05. The second-order valence-electron chi connectivity index (χ2n) is 3.74. The molecule has 0 aliphatic rings. The Morgan fingerprint density at radius 3 is 2.50 bits per heavy atom. The van der Waals surface area contributed by atoms with Crippen molar-refractivity contribution in [1.82, 2.24) is 0 Å². The summed E-state index contributed by atoms with van der Waals surface area (Å²) in [5, 5.41) is 2.76. The van der Waals surface area contributed by atoms with Gasteiger partial charge in [0.15, 0.2) is 0 Å². The fourth-order valence-electron chi connectivity index (χ4n) is 1.45. The molecular formula is C13H19N2O. The van der Waals surface area contributed by atoms with Crippen molar-refractivity contribution in [2.45, 2.75) is 25.7 Å². The highest BCUT2D eigenvalue weighted by molar-refractivity contribution is 5.90. The number of unbranched alkanes of at least 4 members (excludes halogenated alkanes) is 1. The van der Waals surface area contributed by atoms with E-state index in [4.69, 9.17) is 5.73 Å². The molecule has 1 aromatic rings. The molecule has 3 N–H and O–H groups in total. The van der Waals surface area contributed by atoms with Crippen molar-refractivity contribution in [3.05, 3.63) is 36.8 Å². The lowest BCUT2D eigenvalue weighted by molar-refractivity contribution is -0.115. The molecule has 0 heterocycles. The fraction of sp³-hybridized carbons (Fsp3) is 0.385. The predicted octanol–water partition coefficient (Wildman–Crippen LogP) is 2.13. The smallest absolute Gasteiger partial charge is 0.224 e. The minimum absolute atomic E-state index is 0.0594. The summed E-state index contributed by atoms with van der Waals surface area (Å²) in [4.78, 5) is 11.1. The molecule has 87 valence electrons. The van der Waals surface area contributed by atoms with E-state index >= 15 is 0 Å². The molecular weight excluding hydrogens is 200 g/mol. The third-order valence-electron chi connectivity index (χ3n) is 2.38. The molecule has 1 aromatic carbocycles. The van der Waals surface area contributed by atoms with Gasteiger partial charge in [0.1, 0.15) is 0 Å². The van der Waals surface area contributed by atoms with Crippen molar-refractivity contribution < 1.29 is 4.79 Å². The number of benzene rings is 1. The molecule has 1 radical (unpaired) electrons. The average Bonchev–Trinajstić information content (AvgIpc) is 2.31. The van der Waals surface area contributed by atoms with Crippen molar-refractivity contribution >= 4 is 11.6 Å². The van der Waals surface area contributed by atoms with Crippen molar-refractivity contribution in [3.8, 4) is 0 Å². The molecule has 1 rings (SSSR count). The van der Waals surface area contributed by atoms with Crippen LogP contribution >= 0.6 is 0 Å². The Balaban J connectivity index is 2.44. The van der Waals surface area contributed by atoms with Gasteiger partial charge < -0.3 is 11.1 Å². The van der Waals surface area contributed by atoms with Gasteiger partial charge in [-0.25, -0.2) is 0 Å². The summed E-state index contributed by atoms with van der Waals surface area (Å²) in [6.07, 6.45) is 3.47. The number of nitrogens with two attached hydrogens (primary N) is 1. The minimum atomic E-state index is -0.0594. The van der Waals surface area contributed by atoms with Crippen LogP contribution in [0, 0.1) is 6.92 Å². The number of anilines is 1. The number of hydrogen-bond donors (Lipinski definition) is 2. The maximum Gasteiger partial charge on any atom is 0.224 e. The predicted molar refractivity (Wildman–Crippen MR) is 67.0 cm³/mol. The van der Waals surface area contributed by atoms with Gasteiger partial charge in [-0.2, -0.15) is 0 Å². The number of aryl methyl sites for hydroxylation is 1. The highest BCUT2D eigenvalue weighted by atomic mass is 16.1. The Kier molecular flexibility index (Phi) is 5.57. The van der Waals surface area contributed by atoms with Crippen molar-refractivity contribution in [2.75, 3.05) is 11.9 Å². The molecule has 0 aliphatic carbocycles. The molecule has 0 bridgehead atoms. The van der Waals surface area contributed by atoms with E-state index in [1.54, 1.807) is 0 Å². The Bertz CT molecular complexity index is 319. The van der Waals surface area contributed by atoms with E-state index in [2.05, 4.69) is 12.2 Å². The zero-order valence-corrected chi connectivity index (χ0v) is 9.54. The summed E-state index contributed by atoms with van der Waals surface area (Å²) in [6.45, 7) is 4.27. The van der Waals surface area contributed by atoms with Crippen LogP contribution in [0.25, 0.3) is 0 Å². The van der Waals surface area contributed by atoms with E-state index in [-0.39, 0.29) is 12.3 Å². The van der Waals surface area contributed by atoms with Crippen LogP contribution in [0.1, 0.15) is 24.8 Å². The van der Waals surface area contributed by atoms with Crippen molar-refractivity contribution in [3.63, 3.8) is 0 Å². The molecule has 1 amide bonds. The van der Waals surface area contributed by atoms with Gasteiger partial charge in [-0.3, -0.25) is 4.79 Å². The van der Waals surface area contributed by atoms with Crippen molar-refractivity contribution in [1.29, 1.82) is 0 Å². The first-order valence-electron chi connectivity index (χ1n) is 5.64. The van der Waals surface area contributed by atoms with Gasteiger partial charge in [-0.1, -0.05) is 12.1 Å². The molecule has 0 fully saturated rings. The Hall–Kier alpha value is -1.35. The van der Waals surface area contributed by atoms with Gasteiger partial charge in [-0.05, 0) is 50.4 Å². The largest absolute Gasteiger partial charge is 0.330 e. The third kappa shape index (κ3) is 4.45. The normalized spacial score (nSPS) is 10.1. The average molecular weight is 219 g/mol. The number of rotatable bonds is 6. The van der Waals surface area contributed by atoms with E-state index in [1.807, 2.05) is 24.3 Å². The van der Waals surface area contributed by atoms with Crippen LogP contribution in [0.4, 0.5) is 5.69 Å². The quantitative estimate of drug-likeness (QED) is 0.720. The number of nitrogens with one attached hydrogen (secondary N) is 1. The molecule has 3 nitrogen and oxygen atoms in total. The van der Waals surface area contributed by atoms with Gasteiger partial charge in [0.05, 0.1) is 0 Å². The van der Waals surface area contributed by atoms with Gasteiger partial charge in [0, 0.05) is 12.1 Å². The summed E-state index contributed by atoms with van der Waals surface area (Å²) in [5.74, 6) is -0.0594. The first kappa shape index (κ1) is 12.7. The highest BCUT2D eigenvalue weighted by Gasteiger charge is 1.98. The zero-order valence-electron chi connectivity index (χ0n) is 9.54. The number of carbonyl (C=O) groups excluding carboxylic acids is 1. The second-order valence-corrected chi connectivity index (χ2v) is 3.74. The SMILES string of the molecule is [CH2]CC(=O)Nc1ccc(CCCCN)cc1. The van der Waals surface area contributed by atoms with Crippen LogP contribution < -0.4 is 11.1 Å². The Labute approximate surface area is 97.0 Å². The topological polar surface area (TPSA) is 55.1 Å². The van der Waals surface area contributed by atoms with Crippen LogP contribution in [-0.2, 0) is 11.2 Å². The monoisotopic (exact) mass is 219 g/mol. The number of hydrogen-bond acceptors (Lipinski definition) is 2. The zero-order chi connectivity index (χ0) is 11.8. The van der Waals surface area contributed by atoms with Crippen LogP contribution in [0.3, 0.4) is 0 Å². The van der Waals surface area contributed by atoms with E-state index in [0.717, 1.165) is 31.5 Å². The van der Waals surface area contributed by atoms with E-state index in [9.17, 15) is 4.79 Å². The third-order valence-corrected chi connectivity index (χ3v) is 2.38. The van der Waals surface area contributed by atoms with Crippen LogP contribution in [0.15, 0.2) is 24.3 Å².